The molecule has 4 nitrogen and oxygen atoms in total. The summed E-state index contributed by atoms with van der Waals surface area (Å²) in [6.45, 7) is 8.82. The van der Waals surface area contributed by atoms with Crippen molar-refractivity contribution in [1.82, 2.24) is 10.2 Å². The zero-order valence-electron chi connectivity index (χ0n) is 13.0. The van der Waals surface area contributed by atoms with Crippen LogP contribution in [0.3, 0.4) is 0 Å². The van der Waals surface area contributed by atoms with E-state index in [0.29, 0.717) is 12.5 Å². The average molecular weight is 270 g/mol. The Hall–Kier alpha value is -0.610. The van der Waals surface area contributed by atoms with Crippen LogP contribution in [0, 0.1) is 0 Å². The second kappa shape index (κ2) is 7.85. The lowest BCUT2D eigenvalue weighted by Crippen LogP contribution is -2.47. The van der Waals surface area contributed by atoms with Gasteiger partial charge in [-0.1, -0.05) is 13.3 Å². The monoisotopic (exact) mass is 270 g/mol. The van der Waals surface area contributed by atoms with Gasteiger partial charge >= 0.3 is 0 Å². The molecule has 1 amide bonds. The molecule has 1 fully saturated rings. The Labute approximate surface area is 117 Å². The summed E-state index contributed by atoms with van der Waals surface area (Å²) in [5.74, 6) is 0.209. The Morgan fingerprint density at radius 3 is 2.68 bits per heavy atom. The topological polar surface area (TPSA) is 41.6 Å². The average Bonchev–Trinajstić information content (AvgIpc) is 2.39. The molecule has 1 atom stereocenters. The first-order chi connectivity index (χ1) is 8.98. The largest absolute Gasteiger partial charge is 0.378 e. The Kier molecular flexibility index (Phi) is 6.80. The molecule has 0 bridgehead atoms. The van der Waals surface area contributed by atoms with Crippen LogP contribution in [0.15, 0.2) is 0 Å². The van der Waals surface area contributed by atoms with Crippen molar-refractivity contribution in [3.8, 4) is 0 Å². The fourth-order valence-electron chi connectivity index (χ4n) is 2.48. The van der Waals surface area contributed by atoms with E-state index < -0.39 is 0 Å². The Morgan fingerprint density at radius 2 is 2.16 bits per heavy atom. The van der Waals surface area contributed by atoms with Crippen molar-refractivity contribution in [2.75, 3.05) is 26.7 Å². The van der Waals surface area contributed by atoms with E-state index in [0.717, 1.165) is 26.1 Å². The molecule has 0 radical (unpaired) electrons. The fourth-order valence-corrected chi connectivity index (χ4v) is 2.48. The second-order valence-electron chi connectivity index (χ2n) is 6.13. The SMILES string of the molecule is CCCN(CC1CCCCN1)C(=O)CC(C)(C)OC. The minimum absolute atomic E-state index is 0.209. The van der Waals surface area contributed by atoms with Crippen LogP contribution in [0.1, 0.15) is 52.9 Å². The Balaban J connectivity index is 2.52. The minimum atomic E-state index is -0.372. The molecule has 0 aliphatic carbocycles. The van der Waals surface area contributed by atoms with Crippen molar-refractivity contribution in [1.29, 1.82) is 0 Å². The summed E-state index contributed by atoms with van der Waals surface area (Å²) in [6.07, 6.45) is 5.17. The number of nitrogens with one attached hydrogen (secondary N) is 1. The zero-order valence-corrected chi connectivity index (χ0v) is 13.0. The van der Waals surface area contributed by atoms with Crippen LogP contribution in [0.4, 0.5) is 0 Å². The third-order valence-electron chi connectivity index (χ3n) is 3.83. The molecule has 0 aromatic carbocycles. The first-order valence-electron chi connectivity index (χ1n) is 7.55. The van der Waals surface area contributed by atoms with Gasteiger partial charge in [-0.25, -0.2) is 0 Å². The maximum Gasteiger partial charge on any atom is 0.225 e. The number of carbonyl (C=O) groups excluding carboxylic acids is 1. The number of rotatable bonds is 7. The molecule has 1 rings (SSSR count). The first kappa shape index (κ1) is 16.4. The van der Waals surface area contributed by atoms with E-state index in [9.17, 15) is 4.79 Å². The van der Waals surface area contributed by atoms with Gasteiger partial charge in [-0.15, -0.1) is 0 Å². The molecule has 1 N–H and O–H groups in total. The first-order valence-corrected chi connectivity index (χ1v) is 7.55. The highest BCUT2D eigenvalue weighted by atomic mass is 16.5. The number of hydrogen-bond acceptors (Lipinski definition) is 3. The highest BCUT2D eigenvalue weighted by Gasteiger charge is 2.26. The van der Waals surface area contributed by atoms with Gasteiger partial charge in [0.25, 0.3) is 0 Å². The molecule has 1 unspecified atom stereocenters. The molecule has 0 aromatic heterocycles. The Morgan fingerprint density at radius 1 is 1.42 bits per heavy atom. The summed E-state index contributed by atoms with van der Waals surface area (Å²) >= 11 is 0. The van der Waals surface area contributed by atoms with E-state index in [-0.39, 0.29) is 11.5 Å². The van der Waals surface area contributed by atoms with Crippen LogP contribution in [0.25, 0.3) is 0 Å². The number of hydrogen-bond donors (Lipinski definition) is 1. The van der Waals surface area contributed by atoms with Crippen LogP contribution >= 0.6 is 0 Å². The highest BCUT2D eigenvalue weighted by Crippen LogP contribution is 2.16. The second-order valence-corrected chi connectivity index (χ2v) is 6.13. The van der Waals surface area contributed by atoms with Crippen molar-refractivity contribution in [2.24, 2.45) is 0 Å². The lowest BCUT2D eigenvalue weighted by Gasteiger charge is -2.32. The van der Waals surface area contributed by atoms with Gasteiger partial charge in [0.05, 0.1) is 12.0 Å². The van der Waals surface area contributed by atoms with Crippen LogP contribution in [0.5, 0.6) is 0 Å². The molecule has 1 aliphatic rings. The molecule has 4 heteroatoms. The van der Waals surface area contributed by atoms with Gasteiger partial charge < -0.3 is 15.0 Å². The number of piperidine rings is 1. The van der Waals surface area contributed by atoms with Crippen molar-refractivity contribution in [2.45, 2.75) is 64.5 Å². The zero-order chi connectivity index (χ0) is 14.3. The van der Waals surface area contributed by atoms with Gasteiger partial charge in [-0.05, 0) is 39.7 Å². The molecule has 0 saturated carbocycles. The van der Waals surface area contributed by atoms with Crippen molar-refractivity contribution in [3.05, 3.63) is 0 Å². The minimum Gasteiger partial charge on any atom is -0.378 e. The normalized spacial score (nSPS) is 20.3. The number of nitrogens with zero attached hydrogens (tertiary/aromatic N) is 1. The van der Waals surface area contributed by atoms with Crippen LogP contribution in [-0.4, -0.2) is 49.2 Å². The third kappa shape index (κ3) is 5.91. The lowest BCUT2D eigenvalue weighted by molar-refractivity contribution is -0.137. The van der Waals surface area contributed by atoms with E-state index in [4.69, 9.17) is 4.74 Å². The smallest absolute Gasteiger partial charge is 0.225 e. The van der Waals surface area contributed by atoms with Gasteiger partial charge in [-0.3, -0.25) is 4.79 Å². The molecule has 19 heavy (non-hydrogen) atoms. The number of methoxy groups -OCH3 is 1. The summed E-state index contributed by atoms with van der Waals surface area (Å²) in [7, 11) is 1.67. The van der Waals surface area contributed by atoms with Gasteiger partial charge in [0, 0.05) is 26.2 Å². The number of amides is 1. The fraction of sp³-hybridized carbons (Fsp3) is 0.933. The van der Waals surface area contributed by atoms with Crippen molar-refractivity contribution < 1.29 is 9.53 Å². The molecule has 1 aliphatic heterocycles. The molecule has 0 spiro atoms. The van der Waals surface area contributed by atoms with E-state index in [1.807, 2.05) is 18.7 Å². The van der Waals surface area contributed by atoms with E-state index in [1.165, 1.54) is 19.3 Å². The van der Waals surface area contributed by atoms with E-state index in [1.54, 1.807) is 7.11 Å². The summed E-state index contributed by atoms with van der Waals surface area (Å²) in [5.41, 5.74) is -0.372. The molecule has 1 heterocycles. The Bertz CT molecular complexity index is 273. The summed E-state index contributed by atoms with van der Waals surface area (Å²) in [5, 5.41) is 3.51. The maximum atomic E-state index is 12.4. The molecular weight excluding hydrogens is 240 g/mol. The number of carbonyl (C=O) groups is 1. The molecular formula is C15H30N2O2. The maximum absolute atomic E-state index is 12.4. The third-order valence-corrected chi connectivity index (χ3v) is 3.83. The summed E-state index contributed by atoms with van der Waals surface area (Å²) < 4.78 is 5.36. The van der Waals surface area contributed by atoms with Crippen molar-refractivity contribution in [3.63, 3.8) is 0 Å². The predicted molar refractivity (Wildman–Crippen MR) is 78.2 cm³/mol. The van der Waals surface area contributed by atoms with Crippen molar-refractivity contribution >= 4 is 5.91 Å². The molecule has 0 aromatic rings. The van der Waals surface area contributed by atoms with Crippen LogP contribution in [0.2, 0.25) is 0 Å². The van der Waals surface area contributed by atoms with Gasteiger partial charge in [0.15, 0.2) is 0 Å². The quantitative estimate of drug-likeness (QED) is 0.771. The van der Waals surface area contributed by atoms with Gasteiger partial charge in [0.1, 0.15) is 0 Å². The van der Waals surface area contributed by atoms with Crippen LogP contribution in [-0.2, 0) is 9.53 Å². The highest BCUT2D eigenvalue weighted by molar-refractivity contribution is 5.77. The van der Waals surface area contributed by atoms with E-state index >= 15 is 0 Å². The summed E-state index contributed by atoms with van der Waals surface area (Å²) in [6, 6.07) is 0.468. The van der Waals surface area contributed by atoms with Gasteiger partial charge in [0.2, 0.25) is 5.91 Å². The van der Waals surface area contributed by atoms with Gasteiger partial charge in [-0.2, -0.15) is 0 Å². The van der Waals surface area contributed by atoms with Crippen LogP contribution < -0.4 is 5.32 Å². The molecule has 112 valence electrons. The standard InChI is InChI=1S/C15H30N2O2/c1-5-10-17(12-13-8-6-7-9-16-13)14(18)11-15(2,3)19-4/h13,16H,5-12H2,1-4H3. The van der Waals surface area contributed by atoms with E-state index in [2.05, 4.69) is 12.2 Å². The molecule has 1 saturated heterocycles. The predicted octanol–water partition coefficient (Wildman–Crippen LogP) is 2.18. The number of ether oxygens (including phenoxy) is 1. The lowest BCUT2D eigenvalue weighted by atomic mass is 10.0. The summed E-state index contributed by atoms with van der Waals surface area (Å²) in [4.78, 5) is 14.4.